The van der Waals surface area contributed by atoms with Crippen LogP contribution in [0.5, 0.6) is 0 Å². The van der Waals surface area contributed by atoms with Crippen LogP contribution in [0.3, 0.4) is 0 Å². The average molecular weight is 383 g/mol. The van der Waals surface area contributed by atoms with Crippen LogP contribution in [-0.4, -0.2) is 53.6 Å². The standard InChI is InChI=1S/C17H20Cl2N4O2/c1-12-8-14(21-25-12)10-22-4-6-23(7-5-22)11-17(24)20-16-9-13(18)2-3-15(16)19/h2-3,8-9H,4-7,10-11H2,1H3,(H,20,24). The lowest BCUT2D eigenvalue weighted by atomic mass is 10.2. The summed E-state index contributed by atoms with van der Waals surface area (Å²) < 4.78 is 5.09. The molecule has 0 radical (unpaired) electrons. The van der Waals surface area contributed by atoms with E-state index in [1.165, 1.54) is 0 Å². The van der Waals surface area contributed by atoms with Gasteiger partial charge in [0.05, 0.1) is 22.9 Å². The summed E-state index contributed by atoms with van der Waals surface area (Å²) in [5, 5.41) is 7.86. The lowest BCUT2D eigenvalue weighted by Gasteiger charge is -2.33. The molecule has 134 valence electrons. The van der Waals surface area contributed by atoms with Gasteiger partial charge in [0.15, 0.2) is 0 Å². The first kappa shape index (κ1) is 18.2. The van der Waals surface area contributed by atoms with E-state index in [0.717, 1.165) is 44.2 Å². The number of hydrogen-bond acceptors (Lipinski definition) is 5. The Balaban J connectivity index is 1.45. The summed E-state index contributed by atoms with van der Waals surface area (Å²) in [5.74, 6) is 0.731. The van der Waals surface area contributed by atoms with E-state index < -0.39 is 0 Å². The van der Waals surface area contributed by atoms with E-state index in [1.807, 2.05) is 13.0 Å². The second kappa shape index (κ2) is 8.19. The second-order valence-corrected chi connectivity index (χ2v) is 7.00. The van der Waals surface area contributed by atoms with Gasteiger partial charge in [-0.2, -0.15) is 0 Å². The minimum atomic E-state index is -0.0928. The zero-order valence-corrected chi connectivity index (χ0v) is 15.5. The Morgan fingerprint density at radius 1 is 1.20 bits per heavy atom. The van der Waals surface area contributed by atoms with Crippen molar-refractivity contribution < 1.29 is 9.32 Å². The summed E-state index contributed by atoms with van der Waals surface area (Å²) in [5.41, 5.74) is 1.48. The van der Waals surface area contributed by atoms with Crippen LogP contribution in [0.1, 0.15) is 11.5 Å². The topological polar surface area (TPSA) is 61.6 Å². The number of aromatic nitrogens is 1. The van der Waals surface area contributed by atoms with Gasteiger partial charge in [0.25, 0.3) is 0 Å². The van der Waals surface area contributed by atoms with Crippen LogP contribution in [-0.2, 0) is 11.3 Å². The maximum atomic E-state index is 12.2. The Kier molecular flexibility index (Phi) is 5.96. The van der Waals surface area contributed by atoms with Crippen molar-refractivity contribution in [3.63, 3.8) is 0 Å². The first-order valence-corrected chi connectivity index (χ1v) is 8.87. The molecule has 0 bridgehead atoms. The Bertz CT molecular complexity index is 742. The molecule has 0 saturated carbocycles. The molecule has 25 heavy (non-hydrogen) atoms. The number of amides is 1. The minimum absolute atomic E-state index is 0.0928. The summed E-state index contributed by atoms with van der Waals surface area (Å²) in [7, 11) is 0. The van der Waals surface area contributed by atoms with Crippen LogP contribution in [0.2, 0.25) is 10.0 Å². The number of rotatable bonds is 5. The molecule has 1 aromatic heterocycles. The molecule has 0 spiro atoms. The summed E-state index contributed by atoms with van der Waals surface area (Å²) in [6.07, 6.45) is 0. The highest BCUT2D eigenvalue weighted by atomic mass is 35.5. The number of anilines is 1. The maximum absolute atomic E-state index is 12.2. The molecule has 1 amide bonds. The molecule has 1 N–H and O–H groups in total. The van der Waals surface area contributed by atoms with E-state index in [0.29, 0.717) is 22.3 Å². The van der Waals surface area contributed by atoms with Crippen LogP contribution in [0, 0.1) is 6.92 Å². The van der Waals surface area contributed by atoms with E-state index >= 15 is 0 Å². The first-order chi connectivity index (χ1) is 12.0. The predicted molar refractivity (Wildman–Crippen MR) is 98.0 cm³/mol. The highest BCUT2D eigenvalue weighted by molar-refractivity contribution is 6.35. The third-order valence-corrected chi connectivity index (χ3v) is 4.66. The number of carbonyl (C=O) groups excluding carboxylic acids is 1. The normalized spacial score (nSPS) is 16.1. The number of carbonyl (C=O) groups is 1. The van der Waals surface area contributed by atoms with Crippen molar-refractivity contribution in [1.29, 1.82) is 0 Å². The molecular formula is C17H20Cl2N4O2. The summed E-state index contributed by atoms with van der Waals surface area (Å²) >= 11 is 12.0. The number of hydrogen-bond donors (Lipinski definition) is 1. The number of halogens is 2. The van der Waals surface area contributed by atoms with E-state index in [1.54, 1.807) is 18.2 Å². The highest BCUT2D eigenvalue weighted by Gasteiger charge is 2.20. The molecule has 2 aromatic rings. The van der Waals surface area contributed by atoms with E-state index in [-0.39, 0.29) is 5.91 Å². The highest BCUT2D eigenvalue weighted by Crippen LogP contribution is 2.25. The molecular weight excluding hydrogens is 363 g/mol. The van der Waals surface area contributed by atoms with Crippen LogP contribution >= 0.6 is 23.2 Å². The molecule has 1 aliphatic heterocycles. The van der Waals surface area contributed by atoms with Gasteiger partial charge >= 0.3 is 0 Å². The fourth-order valence-electron chi connectivity index (χ4n) is 2.81. The zero-order chi connectivity index (χ0) is 17.8. The third kappa shape index (κ3) is 5.19. The molecule has 1 fully saturated rings. The number of nitrogens with zero attached hydrogens (tertiary/aromatic N) is 3. The van der Waals surface area contributed by atoms with Gasteiger partial charge in [0.1, 0.15) is 5.76 Å². The Hall–Kier alpha value is -1.60. The number of benzene rings is 1. The van der Waals surface area contributed by atoms with Crippen molar-refractivity contribution in [2.75, 3.05) is 38.0 Å². The van der Waals surface area contributed by atoms with Gasteiger partial charge in [-0.05, 0) is 25.1 Å². The monoisotopic (exact) mass is 382 g/mol. The number of piperazine rings is 1. The van der Waals surface area contributed by atoms with E-state index in [9.17, 15) is 4.79 Å². The van der Waals surface area contributed by atoms with Gasteiger partial charge in [-0.3, -0.25) is 14.6 Å². The third-order valence-electron chi connectivity index (χ3n) is 4.10. The molecule has 8 heteroatoms. The van der Waals surface area contributed by atoms with Crippen molar-refractivity contribution >= 4 is 34.8 Å². The SMILES string of the molecule is Cc1cc(CN2CCN(CC(=O)Nc3cc(Cl)ccc3Cl)CC2)no1. The van der Waals surface area contributed by atoms with Crippen molar-refractivity contribution in [2.24, 2.45) is 0 Å². The van der Waals surface area contributed by atoms with Crippen LogP contribution < -0.4 is 5.32 Å². The number of nitrogens with one attached hydrogen (secondary N) is 1. The maximum Gasteiger partial charge on any atom is 0.238 e. The smallest absolute Gasteiger partial charge is 0.238 e. The quantitative estimate of drug-likeness (QED) is 0.860. The van der Waals surface area contributed by atoms with Crippen LogP contribution in [0.15, 0.2) is 28.8 Å². The molecule has 0 unspecified atom stereocenters. The molecule has 3 rings (SSSR count). The molecule has 2 heterocycles. The molecule has 1 aliphatic rings. The fraction of sp³-hybridized carbons (Fsp3) is 0.412. The fourth-order valence-corrected chi connectivity index (χ4v) is 3.15. The predicted octanol–water partition coefficient (Wildman–Crippen LogP) is 3.05. The lowest BCUT2D eigenvalue weighted by Crippen LogP contribution is -2.48. The average Bonchev–Trinajstić information content (AvgIpc) is 2.98. The Morgan fingerprint density at radius 3 is 2.60 bits per heavy atom. The van der Waals surface area contributed by atoms with Crippen molar-refractivity contribution in [1.82, 2.24) is 15.0 Å². The summed E-state index contributed by atoms with van der Waals surface area (Å²) in [4.78, 5) is 16.7. The molecule has 0 atom stereocenters. The van der Waals surface area contributed by atoms with Gasteiger partial charge in [-0.25, -0.2) is 0 Å². The Labute approximate surface area is 156 Å². The van der Waals surface area contributed by atoms with Gasteiger partial charge in [0, 0.05) is 43.8 Å². The van der Waals surface area contributed by atoms with Crippen molar-refractivity contribution in [3.8, 4) is 0 Å². The lowest BCUT2D eigenvalue weighted by molar-refractivity contribution is -0.117. The molecule has 0 aliphatic carbocycles. The largest absolute Gasteiger partial charge is 0.361 e. The van der Waals surface area contributed by atoms with Crippen molar-refractivity contribution in [3.05, 3.63) is 45.8 Å². The molecule has 1 aromatic carbocycles. The van der Waals surface area contributed by atoms with Crippen LogP contribution in [0.4, 0.5) is 5.69 Å². The first-order valence-electron chi connectivity index (χ1n) is 8.11. The minimum Gasteiger partial charge on any atom is -0.361 e. The summed E-state index contributed by atoms with van der Waals surface area (Å²) in [6, 6.07) is 6.97. The van der Waals surface area contributed by atoms with E-state index in [4.69, 9.17) is 27.7 Å². The van der Waals surface area contributed by atoms with Gasteiger partial charge in [0.2, 0.25) is 5.91 Å². The van der Waals surface area contributed by atoms with Crippen LogP contribution in [0.25, 0.3) is 0 Å². The summed E-state index contributed by atoms with van der Waals surface area (Å²) in [6.45, 7) is 6.42. The van der Waals surface area contributed by atoms with Gasteiger partial charge < -0.3 is 9.84 Å². The zero-order valence-electron chi connectivity index (χ0n) is 14.0. The van der Waals surface area contributed by atoms with Gasteiger partial charge in [-0.1, -0.05) is 28.4 Å². The molecule has 6 nitrogen and oxygen atoms in total. The Morgan fingerprint density at radius 2 is 1.92 bits per heavy atom. The van der Waals surface area contributed by atoms with E-state index in [2.05, 4.69) is 20.3 Å². The molecule has 1 saturated heterocycles. The van der Waals surface area contributed by atoms with Crippen molar-refractivity contribution in [2.45, 2.75) is 13.5 Å². The second-order valence-electron chi connectivity index (χ2n) is 6.15. The van der Waals surface area contributed by atoms with Gasteiger partial charge in [-0.15, -0.1) is 0 Å². The number of aryl methyl sites for hydroxylation is 1.